The number of nitrogens with one attached hydrogen (secondary N) is 2. The highest BCUT2D eigenvalue weighted by Gasteiger charge is 2.39. The Labute approximate surface area is 216 Å². The lowest BCUT2D eigenvalue weighted by Crippen LogP contribution is -2.36. The Balaban J connectivity index is 1.19. The summed E-state index contributed by atoms with van der Waals surface area (Å²) in [6.45, 7) is 0.771. The number of anilines is 1. The minimum atomic E-state index is -1.05. The van der Waals surface area contributed by atoms with Crippen molar-refractivity contribution >= 4 is 22.9 Å². The molecular weight excluding hydrogens is 479 g/mol. The third-order valence-electron chi connectivity index (χ3n) is 7.17. The summed E-state index contributed by atoms with van der Waals surface area (Å²) in [5, 5.41) is 6.25. The molecule has 0 spiro atoms. The van der Waals surface area contributed by atoms with E-state index in [9.17, 15) is 4.39 Å². The molecule has 2 aliphatic rings. The van der Waals surface area contributed by atoms with Crippen LogP contribution in [-0.2, 0) is 16.0 Å². The highest BCUT2D eigenvalue weighted by Crippen LogP contribution is 2.41. The normalized spacial score (nSPS) is 26.1. The number of alkyl halides is 1. The molecule has 1 saturated carbocycles. The van der Waals surface area contributed by atoms with Crippen LogP contribution in [0.5, 0.6) is 0 Å². The molecule has 0 bridgehead atoms. The predicted molar refractivity (Wildman–Crippen MR) is 141 cm³/mol. The minimum absolute atomic E-state index is 0.194. The maximum Gasteiger partial charge on any atom is 0.175 e. The summed E-state index contributed by atoms with van der Waals surface area (Å²) in [7, 11) is 3.20. The maximum absolute atomic E-state index is 13.1. The van der Waals surface area contributed by atoms with Gasteiger partial charge in [0, 0.05) is 56.0 Å². The molecule has 1 aromatic carbocycles. The lowest BCUT2D eigenvalue weighted by molar-refractivity contribution is 0.0852. The van der Waals surface area contributed by atoms with Gasteiger partial charge in [0.15, 0.2) is 5.06 Å². The van der Waals surface area contributed by atoms with Crippen LogP contribution in [0.25, 0.3) is 5.65 Å². The fraction of sp³-hybridized carbons (Fsp3) is 0.393. The second-order valence-electron chi connectivity index (χ2n) is 9.54. The molecule has 2 aromatic heterocycles. The molecule has 3 aromatic rings. The monoisotopic (exact) mass is 510 g/mol. The zero-order chi connectivity index (χ0) is 25.1. The number of pyridine rings is 1. The Hall–Kier alpha value is -2.87. The van der Waals surface area contributed by atoms with Gasteiger partial charge in [-0.05, 0) is 55.5 Å². The van der Waals surface area contributed by atoms with Crippen LogP contribution in [0.4, 0.5) is 10.1 Å². The van der Waals surface area contributed by atoms with E-state index < -0.39 is 5.06 Å². The highest BCUT2D eigenvalue weighted by molar-refractivity contribution is 6.25. The standard InChI is InChI=1S/C28H32ClFN4O2/c1-35-24-11-12-25(28(29,16-24)36-2)26-18-34-14-13-23(15-27(34)33-26)32-22-9-7-21(8-10-22)31-17-19-3-5-20(30)6-4-19/h3-6,11-16,18,21-22,25,31-32H,7-10,17H2,1-2H3. The first-order valence-electron chi connectivity index (χ1n) is 12.4. The van der Waals surface area contributed by atoms with Gasteiger partial charge >= 0.3 is 0 Å². The maximum atomic E-state index is 13.1. The summed E-state index contributed by atoms with van der Waals surface area (Å²) in [5.74, 6) is 0.233. The first kappa shape index (κ1) is 24.8. The summed E-state index contributed by atoms with van der Waals surface area (Å²) in [6, 6.07) is 11.8. The number of methoxy groups -OCH3 is 2. The van der Waals surface area contributed by atoms with Crippen LogP contribution in [0.2, 0.25) is 0 Å². The molecule has 8 heteroatoms. The quantitative estimate of drug-likeness (QED) is 0.378. The van der Waals surface area contributed by atoms with Gasteiger partial charge in [0.25, 0.3) is 0 Å². The van der Waals surface area contributed by atoms with Gasteiger partial charge in [-0.3, -0.25) is 0 Å². The Morgan fingerprint density at radius 2 is 1.86 bits per heavy atom. The van der Waals surface area contributed by atoms with Crippen molar-refractivity contribution in [2.75, 3.05) is 19.5 Å². The Bertz CT molecular complexity index is 1250. The molecule has 190 valence electrons. The van der Waals surface area contributed by atoms with Crippen LogP contribution in [0.1, 0.15) is 42.9 Å². The third-order valence-corrected chi connectivity index (χ3v) is 7.67. The smallest absolute Gasteiger partial charge is 0.175 e. The number of hydrogen-bond donors (Lipinski definition) is 2. The molecule has 36 heavy (non-hydrogen) atoms. The van der Waals surface area contributed by atoms with Crippen LogP contribution >= 0.6 is 11.6 Å². The van der Waals surface area contributed by atoms with Crippen LogP contribution in [0.3, 0.4) is 0 Å². The SMILES string of the molecule is COC1=CC(Cl)(OC)C(c2cn3ccc(NC4CCC(NCc5ccc(F)cc5)CC4)cc3n2)C=C1. The lowest BCUT2D eigenvalue weighted by atomic mass is 9.91. The summed E-state index contributed by atoms with van der Waals surface area (Å²) >= 11 is 6.78. The molecular formula is C28H32ClFN4O2. The van der Waals surface area contributed by atoms with Gasteiger partial charge in [-0.1, -0.05) is 29.8 Å². The lowest BCUT2D eigenvalue weighted by Gasteiger charge is -2.31. The summed E-state index contributed by atoms with van der Waals surface area (Å²) in [4.78, 5) is 4.86. The van der Waals surface area contributed by atoms with Gasteiger partial charge < -0.3 is 24.5 Å². The zero-order valence-electron chi connectivity index (χ0n) is 20.6. The number of aromatic nitrogens is 2. The molecule has 6 nitrogen and oxygen atoms in total. The van der Waals surface area contributed by atoms with Gasteiger partial charge in [-0.2, -0.15) is 0 Å². The van der Waals surface area contributed by atoms with Crippen molar-refractivity contribution in [2.45, 2.75) is 55.3 Å². The van der Waals surface area contributed by atoms with Crippen molar-refractivity contribution in [1.29, 1.82) is 0 Å². The van der Waals surface area contributed by atoms with E-state index in [0.717, 1.165) is 54.8 Å². The molecule has 1 fully saturated rings. The molecule has 2 unspecified atom stereocenters. The fourth-order valence-corrected chi connectivity index (χ4v) is 5.34. The van der Waals surface area contributed by atoms with Crippen LogP contribution < -0.4 is 10.6 Å². The van der Waals surface area contributed by atoms with Crippen LogP contribution in [0, 0.1) is 5.82 Å². The van der Waals surface area contributed by atoms with Crippen molar-refractivity contribution in [1.82, 2.24) is 14.7 Å². The summed E-state index contributed by atoms with van der Waals surface area (Å²) in [6.07, 6.45) is 14.1. The Morgan fingerprint density at radius 3 is 2.58 bits per heavy atom. The molecule has 0 saturated heterocycles. The van der Waals surface area contributed by atoms with E-state index in [2.05, 4.69) is 22.8 Å². The number of rotatable bonds is 8. The van der Waals surface area contributed by atoms with Crippen molar-refractivity contribution in [3.63, 3.8) is 0 Å². The van der Waals surface area contributed by atoms with Crippen LogP contribution in [0.15, 0.2) is 72.8 Å². The molecule has 0 aliphatic heterocycles. The van der Waals surface area contributed by atoms with E-state index >= 15 is 0 Å². The van der Waals surface area contributed by atoms with Gasteiger partial charge in [0.1, 0.15) is 17.2 Å². The van der Waals surface area contributed by atoms with E-state index in [1.165, 1.54) is 12.1 Å². The van der Waals surface area contributed by atoms with Crippen molar-refractivity contribution in [2.24, 2.45) is 0 Å². The highest BCUT2D eigenvalue weighted by atomic mass is 35.5. The fourth-order valence-electron chi connectivity index (χ4n) is 5.05. The van der Waals surface area contributed by atoms with Gasteiger partial charge in [0.05, 0.1) is 18.7 Å². The first-order chi connectivity index (χ1) is 17.5. The third kappa shape index (κ3) is 5.43. The molecule has 5 rings (SSSR count). The van der Waals surface area contributed by atoms with Gasteiger partial charge in [-0.25, -0.2) is 9.37 Å². The molecule has 2 atom stereocenters. The second-order valence-corrected chi connectivity index (χ2v) is 10.1. The van der Waals surface area contributed by atoms with Crippen molar-refractivity contribution < 1.29 is 13.9 Å². The van der Waals surface area contributed by atoms with Gasteiger partial charge in [0.2, 0.25) is 0 Å². The Kier molecular flexibility index (Phi) is 7.32. The molecule has 2 heterocycles. The number of nitrogens with zero attached hydrogens (tertiary/aromatic N) is 2. The second kappa shape index (κ2) is 10.6. The number of allylic oxidation sites excluding steroid dienone is 1. The van der Waals surface area contributed by atoms with Crippen molar-refractivity contribution in [3.05, 3.63) is 89.9 Å². The minimum Gasteiger partial charge on any atom is -0.497 e. The molecule has 0 amide bonds. The number of ether oxygens (including phenoxy) is 2. The van der Waals surface area contributed by atoms with E-state index in [4.69, 9.17) is 26.1 Å². The van der Waals surface area contributed by atoms with E-state index in [1.54, 1.807) is 20.3 Å². The predicted octanol–water partition coefficient (Wildman–Crippen LogP) is 5.75. The number of fused-ring (bicyclic) bond motifs is 1. The molecule has 2 aliphatic carbocycles. The molecule has 0 radical (unpaired) electrons. The summed E-state index contributed by atoms with van der Waals surface area (Å²) < 4.78 is 26.1. The number of halogens is 2. The average Bonchev–Trinajstić information content (AvgIpc) is 3.32. The van der Waals surface area contributed by atoms with E-state index in [0.29, 0.717) is 17.8 Å². The topological polar surface area (TPSA) is 59.8 Å². The molecule has 2 N–H and O–H groups in total. The first-order valence-corrected chi connectivity index (χ1v) is 12.8. The summed E-state index contributed by atoms with van der Waals surface area (Å²) in [5.41, 5.74) is 3.86. The van der Waals surface area contributed by atoms with E-state index in [1.807, 2.05) is 41.1 Å². The average molecular weight is 511 g/mol. The van der Waals surface area contributed by atoms with Crippen LogP contribution in [-0.4, -0.2) is 40.7 Å². The Morgan fingerprint density at radius 1 is 1.11 bits per heavy atom. The largest absolute Gasteiger partial charge is 0.497 e. The number of imidazole rings is 1. The number of hydrogen-bond acceptors (Lipinski definition) is 5. The number of benzene rings is 1. The van der Waals surface area contributed by atoms with E-state index in [-0.39, 0.29) is 11.7 Å². The van der Waals surface area contributed by atoms with Crippen molar-refractivity contribution in [3.8, 4) is 0 Å². The van der Waals surface area contributed by atoms with Gasteiger partial charge in [-0.15, -0.1) is 0 Å². The zero-order valence-corrected chi connectivity index (χ0v) is 21.3.